The highest BCUT2D eigenvalue weighted by atomic mass is 16.7. The Hall–Kier alpha value is -2.18. The molecule has 0 aromatic carbocycles. The number of carbonyl (C=O) groups is 1. The molecule has 4 heterocycles. The van der Waals surface area contributed by atoms with E-state index in [1.54, 1.807) is 12.4 Å². The van der Waals surface area contributed by atoms with Gasteiger partial charge in [0.15, 0.2) is 6.29 Å². The van der Waals surface area contributed by atoms with Crippen molar-refractivity contribution < 1.29 is 14.3 Å². The van der Waals surface area contributed by atoms with Gasteiger partial charge in [-0.05, 0) is 37.5 Å². The van der Waals surface area contributed by atoms with Gasteiger partial charge in [0, 0.05) is 55.5 Å². The van der Waals surface area contributed by atoms with Crippen LogP contribution in [-0.4, -0.2) is 41.5 Å². The van der Waals surface area contributed by atoms with E-state index < -0.39 is 0 Å². The first-order chi connectivity index (χ1) is 12.3. The van der Waals surface area contributed by atoms with E-state index in [1.165, 1.54) is 0 Å². The quantitative estimate of drug-likeness (QED) is 0.907. The summed E-state index contributed by atoms with van der Waals surface area (Å²) in [5.74, 6) is 0.00633. The number of pyridine rings is 1. The molecule has 0 bridgehead atoms. The molecule has 0 saturated carbocycles. The van der Waals surface area contributed by atoms with Gasteiger partial charge in [-0.3, -0.25) is 9.78 Å². The van der Waals surface area contributed by atoms with Crippen LogP contribution in [-0.2, 0) is 22.4 Å². The topological polar surface area (TPSA) is 65.4 Å². The Labute approximate surface area is 147 Å². The predicted octanol–water partition coefficient (Wildman–Crippen LogP) is 2.38. The fourth-order valence-corrected chi connectivity index (χ4v) is 3.58. The largest absolute Gasteiger partial charge is 0.353 e. The molecular formula is C19H23N3O3. The summed E-state index contributed by atoms with van der Waals surface area (Å²) in [5.41, 5.74) is 3.96. The molecule has 1 saturated heterocycles. The zero-order valence-electron chi connectivity index (χ0n) is 14.2. The highest BCUT2D eigenvalue weighted by molar-refractivity contribution is 5.98. The predicted molar refractivity (Wildman–Crippen MR) is 93.2 cm³/mol. The number of aromatic nitrogens is 2. The fourth-order valence-electron chi connectivity index (χ4n) is 3.58. The van der Waals surface area contributed by atoms with Crippen molar-refractivity contribution in [2.24, 2.45) is 0 Å². The zero-order valence-corrected chi connectivity index (χ0v) is 14.2. The molecule has 1 N–H and O–H groups in total. The van der Waals surface area contributed by atoms with Gasteiger partial charge in [0.25, 0.3) is 5.91 Å². The number of carbonyl (C=O) groups excluding carboxylic acids is 1. The maximum absolute atomic E-state index is 12.2. The molecule has 2 aromatic heterocycles. The van der Waals surface area contributed by atoms with Crippen molar-refractivity contribution in [2.45, 2.75) is 38.5 Å². The molecule has 6 heteroatoms. The molecule has 132 valence electrons. The molecule has 1 unspecified atom stereocenters. The molecule has 25 heavy (non-hydrogen) atoms. The monoisotopic (exact) mass is 341 g/mol. The first-order valence-electron chi connectivity index (χ1n) is 8.97. The van der Waals surface area contributed by atoms with Gasteiger partial charge in [-0.25, -0.2) is 0 Å². The second kappa shape index (κ2) is 7.37. The van der Waals surface area contributed by atoms with E-state index in [0.717, 1.165) is 54.8 Å². The lowest BCUT2D eigenvalue weighted by atomic mass is 10.1. The molecule has 0 radical (unpaired) electrons. The number of ether oxygens (including phenoxy) is 2. The van der Waals surface area contributed by atoms with Gasteiger partial charge in [0.2, 0.25) is 0 Å². The van der Waals surface area contributed by atoms with Crippen molar-refractivity contribution in [3.63, 3.8) is 0 Å². The number of hydrogen-bond donors (Lipinski definition) is 1. The van der Waals surface area contributed by atoms with Gasteiger partial charge < -0.3 is 19.4 Å². The normalized spacial score (nSPS) is 20.2. The summed E-state index contributed by atoms with van der Waals surface area (Å²) in [6.45, 7) is 2.75. The van der Waals surface area contributed by atoms with E-state index in [-0.39, 0.29) is 12.2 Å². The van der Waals surface area contributed by atoms with E-state index in [9.17, 15) is 4.79 Å². The number of fused-ring (bicyclic) bond motifs is 1. The molecule has 1 atom stereocenters. The summed E-state index contributed by atoms with van der Waals surface area (Å²) >= 11 is 0. The SMILES string of the molecule is O=C1NCCc2c1cc(-c1ccncc1)n2CCOC1CCCCO1. The Morgan fingerprint density at radius 3 is 3.00 bits per heavy atom. The Balaban J connectivity index is 1.57. The number of amides is 1. The standard InChI is InChI=1S/C19H23N3O3/c23-19-15-13-17(14-4-7-20-8-5-14)22(16(15)6-9-21-19)10-12-25-18-3-1-2-11-24-18/h4-5,7-8,13,18H,1-3,6,9-12H2,(H,21,23). The lowest BCUT2D eigenvalue weighted by Crippen LogP contribution is -2.32. The Bertz CT molecular complexity index is 736. The van der Waals surface area contributed by atoms with Crippen LogP contribution in [0.25, 0.3) is 11.3 Å². The van der Waals surface area contributed by atoms with Gasteiger partial charge in [-0.2, -0.15) is 0 Å². The average Bonchev–Trinajstić information content (AvgIpc) is 3.04. The summed E-state index contributed by atoms with van der Waals surface area (Å²) in [6, 6.07) is 5.93. The fraction of sp³-hybridized carbons (Fsp3) is 0.474. The van der Waals surface area contributed by atoms with Crippen molar-refractivity contribution in [3.8, 4) is 11.3 Å². The highest BCUT2D eigenvalue weighted by Gasteiger charge is 2.24. The van der Waals surface area contributed by atoms with E-state index >= 15 is 0 Å². The van der Waals surface area contributed by atoms with E-state index in [2.05, 4.69) is 14.9 Å². The molecule has 0 aliphatic carbocycles. The maximum Gasteiger partial charge on any atom is 0.253 e. The van der Waals surface area contributed by atoms with Crippen molar-refractivity contribution in [2.75, 3.05) is 19.8 Å². The third kappa shape index (κ3) is 3.45. The van der Waals surface area contributed by atoms with Crippen LogP contribution in [0.3, 0.4) is 0 Å². The summed E-state index contributed by atoms with van der Waals surface area (Å²) in [4.78, 5) is 16.3. The molecule has 4 rings (SSSR count). The molecular weight excluding hydrogens is 318 g/mol. The maximum atomic E-state index is 12.2. The molecule has 0 spiro atoms. The molecule has 2 aliphatic heterocycles. The van der Waals surface area contributed by atoms with Gasteiger partial charge in [0.05, 0.1) is 12.2 Å². The minimum atomic E-state index is -0.0900. The van der Waals surface area contributed by atoms with Crippen LogP contribution in [0.5, 0.6) is 0 Å². The molecule has 1 amide bonds. The number of nitrogens with zero attached hydrogens (tertiary/aromatic N) is 2. The lowest BCUT2D eigenvalue weighted by Gasteiger charge is -2.24. The molecule has 2 aromatic rings. The summed E-state index contributed by atoms with van der Waals surface area (Å²) in [5, 5.41) is 2.92. The van der Waals surface area contributed by atoms with Crippen molar-refractivity contribution in [3.05, 3.63) is 41.9 Å². The zero-order chi connectivity index (χ0) is 17.1. The summed E-state index contributed by atoms with van der Waals surface area (Å²) < 4.78 is 13.8. The van der Waals surface area contributed by atoms with Crippen molar-refractivity contribution >= 4 is 5.91 Å². The van der Waals surface area contributed by atoms with Crippen LogP contribution in [0.2, 0.25) is 0 Å². The van der Waals surface area contributed by atoms with Crippen LogP contribution in [0.4, 0.5) is 0 Å². The van der Waals surface area contributed by atoms with Crippen LogP contribution >= 0.6 is 0 Å². The van der Waals surface area contributed by atoms with E-state index in [0.29, 0.717) is 19.7 Å². The second-order valence-corrected chi connectivity index (χ2v) is 6.45. The third-order valence-electron chi connectivity index (χ3n) is 4.83. The molecule has 2 aliphatic rings. The van der Waals surface area contributed by atoms with Crippen LogP contribution in [0.15, 0.2) is 30.6 Å². The highest BCUT2D eigenvalue weighted by Crippen LogP contribution is 2.28. The van der Waals surface area contributed by atoms with Gasteiger partial charge in [-0.1, -0.05) is 0 Å². The second-order valence-electron chi connectivity index (χ2n) is 6.45. The smallest absolute Gasteiger partial charge is 0.253 e. The summed E-state index contributed by atoms with van der Waals surface area (Å²) in [7, 11) is 0. The van der Waals surface area contributed by atoms with Crippen LogP contribution < -0.4 is 5.32 Å². The van der Waals surface area contributed by atoms with Gasteiger partial charge >= 0.3 is 0 Å². The Kier molecular flexibility index (Phi) is 4.81. The van der Waals surface area contributed by atoms with E-state index in [4.69, 9.17) is 9.47 Å². The van der Waals surface area contributed by atoms with Crippen LogP contribution in [0.1, 0.15) is 35.3 Å². The molecule has 6 nitrogen and oxygen atoms in total. The van der Waals surface area contributed by atoms with Gasteiger partial charge in [0.1, 0.15) is 0 Å². The van der Waals surface area contributed by atoms with E-state index in [1.807, 2.05) is 18.2 Å². The van der Waals surface area contributed by atoms with Crippen LogP contribution in [0, 0.1) is 0 Å². The number of nitrogens with one attached hydrogen (secondary N) is 1. The average molecular weight is 341 g/mol. The Morgan fingerprint density at radius 2 is 2.20 bits per heavy atom. The lowest BCUT2D eigenvalue weighted by molar-refractivity contribution is -0.163. The minimum absolute atomic E-state index is 0.00633. The third-order valence-corrected chi connectivity index (χ3v) is 4.83. The van der Waals surface area contributed by atoms with Crippen molar-refractivity contribution in [1.82, 2.24) is 14.9 Å². The number of hydrogen-bond acceptors (Lipinski definition) is 4. The van der Waals surface area contributed by atoms with Gasteiger partial charge in [-0.15, -0.1) is 0 Å². The number of rotatable bonds is 5. The minimum Gasteiger partial charge on any atom is -0.353 e. The Morgan fingerprint density at radius 1 is 1.32 bits per heavy atom. The first-order valence-corrected chi connectivity index (χ1v) is 8.97. The summed E-state index contributed by atoms with van der Waals surface area (Å²) in [6.07, 6.45) is 7.54. The first kappa shape index (κ1) is 16.3. The van der Waals surface area contributed by atoms with Crippen molar-refractivity contribution in [1.29, 1.82) is 0 Å². The molecule has 1 fully saturated rings.